The van der Waals surface area contributed by atoms with Gasteiger partial charge in [-0.05, 0) is 26.0 Å². The van der Waals surface area contributed by atoms with Crippen molar-refractivity contribution in [2.24, 2.45) is 0 Å². The highest BCUT2D eigenvalue weighted by atomic mass is 16.5. The van der Waals surface area contributed by atoms with E-state index in [1.165, 1.54) is 0 Å². The van der Waals surface area contributed by atoms with Gasteiger partial charge in [-0.25, -0.2) is 4.98 Å². The van der Waals surface area contributed by atoms with E-state index in [4.69, 9.17) is 4.74 Å². The van der Waals surface area contributed by atoms with Gasteiger partial charge in [-0.2, -0.15) is 0 Å². The number of nitrogens with zero attached hydrogens (tertiary/aromatic N) is 3. The SMILES string of the molecule is C[C@@H]1Oc2ccccc2N(CCC(=O)N[C@@H](C)Cn2ccnc2)C1=O. The zero-order valence-electron chi connectivity index (χ0n) is 14.4. The molecule has 0 bridgehead atoms. The molecule has 0 aliphatic carbocycles. The number of hydrogen-bond acceptors (Lipinski definition) is 4. The minimum absolute atomic E-state index is 0.0201. The maximum Gasteiger partial charge on any atom is 0.267 e. The molecule has 0 unspecified atom stereocenters. The number of para-hydroxylation sites is 2. The van der Waals surface area contributed by atoms with E-state index in [1.54, 1.807) is 24.3 Å². The third kappa shape index (κ3) is 3.99. The molecule has 0 saturated carbocycles. The highest BCUT2D eigenvalue weighted by Gasteiger charge is 2.31. The number of rotatable bonds is 6. The number of imidazole rings is 1. The van der Waals surface area contributed by atoms with Crippen LogP contribution in [0.2, 0.25) is 0 Å². The predicted molar refractivity (Wildman–Crippen MR) is 93.3 cm³/mol. The van der Waals surface area contributed by atoms with Crippen molar-refractivity contribution in [1.82, 2.24) is 14.9 Å². The van der Waals surface area contributed by atoms with Crippen LogP contribution in [0.25, 0.3) is 0 Å². The second-order valence-corrected chi connectivity index (χ2v) is 6.20. The highest BCUT2D eigenvalue weighted by molar-refractivity contribution is 6.00. The van der Waals surface area contributed by atoms with E-state index in [0.717, 1.165) is 0 Å². The fraction of sp³-hybridized carbons (Fsp3) is 0.389. The molecular weight excluding hydrogens is 320 g/mol. The highest BCUT2D eigenvalue weighted by Crippen LogP contribution is 2.33. The van der Waals surface area contributed by atoms with Crippen molar-refractivity contribution >= 4 is 17.5 Å². The van der Waals surface area contributed by atoms with Gasteiger partial charge in [0.1, 0.15) is 5.75 Å². The molecule has 7 nitrogen and oxygen atoms in total. The normalized spacial score (nSPS) is 17.6. The van der Waals surface area contributed by atoms with Gasteiger partial charge in [0.25, 0.3) is 5.91 Å². The number of ether oxygens (including phenoxy) is 1. The monoisotopic (exact) mass is 342 g/mol. The third-order valence-corrected chi connectivity index (χ3v) is 4.09. The maximum atomic E-state index is 12.4. The molecule has 0 spiro atoms. The number of benzene rings is 1. The lowest BCUT2D eigenvalue weighted by atomic mass is 10.1. The molecule has 1 aromatic heterocycles. The molecule has 0 saturated heterocycles. The molecular formula is C18H22N4O3. The van der Waals surface area contributed by atoms with Gasteiger partial charge in [0.2, 0.25) is 5.91 Å². The van der Waals surface area contributed by atoms with E-state index >= 15 is 0 Å². The average molecular weight is 342 g/mol. The Bertz CT molecular complexity index is 745. The number of amides is 2. The quantitative estimate of drug-likeness (QED) is 0.865. The van der Waals surface area contributed by atoms with Crippen LogP contribution in [0.1, 0.15) is 20.3 Å². The Morgan fingerprint density at radius 2 is 2.20 bits per heavy atom. The van der Waals surface area contributed by atoms with Gasteiger partial charge in [0, 0.05) is 37.9 Å². The molecule has 25 heavy (non-hydrogen) atoms. The minimum Gasteiger partial charge on any atom is -0.479 e. The second-order valence-electron chi connectivity index (χ2n) is 6.20. The molecule has 1 N–H and O–H groups in total. The second kappa shape index (κ2) is 7.38. The Balaban J connectivity index is 1.57. The Labute approximate surface area is 146 Å². The van der Waals surface area contributed by atoms with Crippen LogP contribution in [0.15, 0.2) is 43.0 Å². The molecule has 2 atom stereocenters. The van der Waals surface area contributed by atoms with Crippen LogP contribution < -0.4 is 15.0 Å². The van der Waals surface area contributed by atoms with Crippen molar-refractivity contribution < 1.29 is 14.3 Å². The molecule has 2 amide bonds. The summed E-state index contributed by atoms with van der Waals surface area (Å²) in [6.07, 6.45) is 4.97. The topological polar surface area (TPSA) is 76.5 Å². The number of carbonyl (C=O) groups is 2. The van der Waals surface area contributed by atoms with Gasteiger partial charge in [0.15, 0.2) is 6.10 Å². The molecule has 1 aliphatic rings. The summed E-state index contributed by atoms with van der Waals surface area (Å²) in [7, 11) is 0. The average Bonchev–Trinajstić information content (AvgIpc) is 3.08. The van der Waals surface area contributed by atoms with Gasteiger partial charge in [-0.1, -0.05) is 12.1 Å². The van der Waals surface area contributed by atoms with Crippen LogP contribution in [-0.4, -0.2) is 40.1 Å². The van der Waals surface area contributed by atoms with Crippen LogP contribution in [0.4, 0.5) is 5.69 Å². The Hall–Kier alpha value is -2.83. The van der Waals surface area contributed by atoms with Crippen molar-refractivity contribution in [3.05, 3.63) is 43.0 Å². The fourth-order valence-corrected chi connectivity index (χ4v) is 2.91. The van der Waals surface area contributed by atoms with Gasteiger partial charge >= 0.3 is 0 Å². The molecule has 3 rings (SSSR count). The number of nitrogens with one attached hydrogen (secondary N) is 1. The first kappa shape index (κ1) is 17.0. The number of carbonyl (C=O) groups excluding carboxylic acids is 2. The van der Waals surface area contributed by atoms with Crippen LogP contribution in [0.3, 0.4) is 0 Å². The molecule has 2 aromatic rings. The zero-order chi connectivity index (χ0) is 17.8. The summed E-state index contributed by atoms with van der Waals surface area (Å²) < 4.78 is 7.52. The summed E-state index contributed by atoms with van der Waals surface area (Å²) in [5.74, 6) is 0.457. The first-order chi connectivity index (χ1) is 12.0. The van der Waals surface area contributed by atoms with E-state index in [9.17, 15) is 9.59 Å². The standard InChI is InChI=1S/C18H22N4O3/c1-13(11-21-10-8-19-12-21)20-17(23)7-9-22-15-5-3-4-6-16(15)25-14(2)18(22)24/h3-6,8,10,12-14H,7,9,11H2,1-2H3,(H,20,23)/t13-,14-/m0/s1. The first-order valence-corrected chi connectivity index (χ1v) is 8.37. The van der Waals surface area contributed by atoms with Crippen LogP contribution in [-0.2, 0) is 16.1 Å². The molecule has 132 valence electrons. The van der Waals surface area contributed by atoms with Gasteiger partial charge in [-0.15, -0.1) is 0 Å². The summed E-state index contributed by atoms with van der Waals surface area (Å²) in [4.78, 5) is 30.2. The van der Waals surface area contributed by atoms with E-state index in [2.05, 4.69) is 10.3 Å². The number of aromatic nitrogens is 2. The Kier molecular flexibility index (Phi) is 5.02. The van der Waals surface area contributed by atoms with Crippen molar-refractivity contribution in [2.75, 3.05) is 11.4 Å². The van der Waals surface area contributed by atoms with Crippen molar-refractivity contribution in [2.45, 2.75) is 39.0 Å². The van der Waals surface area contributed by atoms with Crippen LogP contribution in [0.5, 0.6) is 5.75 Å². The van der Waals surface area contributed by atoms with E-state index < -0.39 is 6.10 Å². The smallest absolute Gasteiger partial charge is 0.267 e. The lowest BCUT2D eigenvalue weighted by molar-refractivity contribution is -0.125. The van der Waals surface area contributed by atoms with Crippen molar-refractivity contribution in [1.29, 1.82) is 0 Å². The lowest BCUT2D eigenvalue weighted by Crippen LogP contribution is -2.46. The van der Waals surface area contributed by atoms with Crippen molar-refractivity contribution in [3.63, 3.8) is 0 Å². The molecule has 1 aromatic carbocycles. The minimum atomic E-state index is -0.543. The third-order valence-electron chi connectivity index (χ3n) is 4.09. The number of hydrogen-bond donors (Lipinski definition) is 1. The Morgan fingerprint density at radius 1 is 1.40 bits per heavy atom. The van der Waals surface area contributed by atoms with E-state index in [-0.39, 0.29) is 24.3 Å². The van der Waals surface area contributed by atoms with E-state index in [1.807, 2.05) is 42.0 Å². The number of anilines is 1. The molecule has 1 aliphatic heterocycles. The molecule has 0 radical (unpaired) electrons. The van der Waals surface area contributed by atoms with Crippen LogP contribution in [0, 0.1) is 0 Å². The van der Waals surface area contributed by atoms with Gasteiger partial charge in [0.05, 0.1) is 12.0 Å². The fourth-order valence-electron chi connectivity index (χ4n) is 2.91. The van der Waals surface area contributed by atoms with E-state index in [0.29, 0.717) is 24.5 Å². The predicted octanol–water partition coefficient (Wildman–Crippen LogP) is 1.59. The zero-order valence-corrected chi connectivity index (χ0v) is 14.4. The van der Waals surface area contributed by atoms with Crippen molar-refractivity contribution in [3.8, 4) is 5.75 Å². The Morgan fingerprint density at radius 3 is 2.96 bits per heavy atom. The first-order valence-electron chi connectivity index (χ1n) is 8.37. The van der Waals surface area contributed by atoms with Crippen LogP contribution >= 0.6 is 0 Å². The summed E-state index contributed by atoms with van der Waals surface area (Å²) in [6.45, 7) is 4.64. The molecule has 7 heteroatoms. The molecule has 0 fully saturated rings. The van der Waals surface area contributed by atoms with Gasteiger partial charge in [-0.3, -0.25) is 9.59 Å². The largest absolute Gasteiger partial charge is 0.479 e. The number of fused-ring (bicyclic) bond motifs is 1. The summed E-state index contributed by atoms with van der Waals surface area (Å²) in [5, 5.41) is 2.95. The summed E-state index contributed by atoms with van der Waals surface area (Å²) in [5.41, 5.74) is 0.713. The molecule has 2 heterocycles. The van der Waals surface area contributed by atoms with Gasteiger partial charge < -0.3 is 19.5 Å². The lowest BCUT2D eigenvalue weighted by Gasteiger charge is -2.32. The summed E-state index contributed by atoms with van der Waals surface area (Å²) >= 11 is 0. The maximum absolute atomic E-state index is 12.4. The summed E-state index contributed by atoms with van der Waals surface area (Å²) in [6, 6.07) is 7.36.